The van der Waals surface area contributed by atoms with Crippen molar-refractivity contribution in [1.82, 2.24) is 25.3 Å². The molecular formula is C26H23B3FN5O2. The van der Waals surface area contributed by atoms with Gasteiger partial charge in [0.05, 0.1) is 40.8 Å². The molecule has 1 aliphatic carbocycles. The van der Waals surface area contributed by atoms with Gasteiger partial charge in [-0.3, -0.25) is 14.3 Å². The van der Waals surface area contributed by atoms with Crippen molar-refractivity contribution < 1.29 is 9.18 Å². The molecule has 1 saturated carbocycles. The Morgan fingerprint density at radius 3 is 2.62 bits per heavy atom. The molecule has 2 aromatic heterocycles. The van der Waals surface area contributed by atoms with E-state index in [0.717, 1.165) is 35.0 Å². The number of carbonyl (C=O) groups excluding carboxylic acids is 1. The van der Waals surface area contributed by atoms with Crippen LogP contribution in [0.1, 0.15) is 48.2 Å². The minimum atomic E-state index is -1.70. The number of amides is 1. The van der Waals surface area contributed by atoms with Crippen molar-refractivity contribution in [2.24, 2.45) is 5.92 Å². The number of hydrogen-bond acceptors (Lipinski definition) is 4. The highest BCUT2D eigenvalue weighted by Crippen LogP contribution is 2.37. The number of nitrogens with zero attached hydrogens (tertiary/aromatic N) is 3. The van der Waals surface area contributed by atoms with Crippen LogP contribution in [0.15, 0.2) is 59.7 Å². The maximum Gasteiger partial charge on any atom is 0.272 e. The van der Waals surface area contributed by atoms with E-state index >= 15 is 0 Å². The van der Waals surface area contributed by atoms with Gasteiger partial charge in [-0.1, -0.05) is 31.2 Å². The van der Waals surface area contributed by atoms with Gasteiger partial charge in [-0.25, -0.2) is 9.49 Å². The predicted molar refractivity (Wildman–Crippen MR) is 142 cm³/mol. The first-order chi connectivity index (χ1) is 17.6. The third-order valence-corrected chi connectivity index (χ3v) is 6.97. The summed E-state index contributed by atoms with van der Waals surface area (Å²) in [5.41, 5.74) is 1.62. The fourth-order valence-corrected chi connectivity index (χ4v) is 5.00. The summed E-state index contributed by atoms with van der Waals surface area (Å²) < 4.78 is 15.9. The first-order valence-electron chi connectivity index (χ1n) is 12.1. The van der Waals surface area contributed by atoms with Crippen LogP contribution in [0.4, 0.5) is 4.39 Å². The lowest BCUT2D eigenvalue weighted by Gasteiger charge is -2.37. The first-order valence-corrected chi connectivity index (χ1v) is 12.1. The summed E-state index contributed by atoms with van der Waals surface area (Å²) in [6.07, 6.45) is 5.40. The second-order valence-corrected chi connectivity index (χ2v) is 9.88. The normalized spacial score (nSPS) is 18.3. The van der Waals surface area contributed by atoms with E-state index in [2.05, 4.69) is 27.5 Å². The molecule has 4 aromatic rings. The summed E-state index contributed by atoms with van der Waals surface area (Å²) in [5.74, 6) is -0.318. The predicted octanol–water partition coefficient (Wildman–Crippen LogP) is 2.70. The summed E-state index contributed by atoms with van der Waals surface area (Å²) in [6.45, 7) is 2.10. The summed E-state index contributed by atoms with van der Waals surface area (Å²) in [7, 11) is 16.8. The number of fused-ring (bicyclic) bond motifs is 1. The quantitative estimate of drug-likeness (QED) is 0.391. The fraction of sp³-hybridized carbons (Fsp3) is 0.308. The molecule has 7 nitrogen and oxygen atoms in total. The number of H-pyrrole nitrogens is 1. The molecule has 6 radical (unpaired) electrons. The monoisotopic (exact) mass is 489 g/mol. The number of aromatic amines is 1. The highest BCUT2D eigenvalue weighted by atomic mass is 19.1. The average molecular weight is 489 g/mol. The number of halogens is 1. The Kier molecular flexibility index (Phi) is 6.56. The lowest BCUT2D eigenvalue weighted by Crippen LogP contribution is -2.44. The molecule has 1 aliphatic rings. The molecule has 5 rings (SSSR count). The minimum Gasteiger partial charge on any atom is -0.349 e. The number of nitrogens with one attached hydrogen (secondary N) is 2. The summed E-state index contributed by atoms with van der Waals surface area (Å²) in [6, 6.07) is 11.8. The maximum atomic E-state index is 14.8. The third kappa shape index (κ3) is 5.12. The average Bonchev–Trinajstić information content (AvgIpc) is 3.33. The van der Waals surface area contributed by atoms with Crippen LogP contribution in [0, 0.1) is 11.7 Å². The van der Waals surface area contributed by atoms with E-state index in [1.165, 1.54) is 24.5 Å². The highest BCUT2D eigenvalue weighted by Gasteiger charge is 2.32. The van der Waals surface area contributed by atoms with Crippen LogP contribution in [0.3, 0.4) is 0 Å². The minimum absolute atomic E-state index is 0.0257. The molecule has 0 bridgehead atoms. The molecule has 0 saturated heterocycles. The fourth-order valence-electron chi connectivity index (χ4n) is 5.00. The van der Waals surface area contributed by atoms with Crippen LogP contribution in [0.2, 0.25) is 0 Å². The smallest absolute Gasteiger partial charge is 0.272 e. The highest BCUT2D eigenvalue weighted by molar-refractivity contribution is 6.56. The zero-order valence-electron chi connectivity index (χ0n) is 20.3. The van der Waals surface area contributed by atoms with Crippen LogP contribution < -0.4 is 10.9 Å². The van der Waals surface area contributed by atoms with E-state index < -0.39 is 11.1 Å². The molecule has 2 N–H and O–H groups in total. The Labute approximate surface area is 217 Å². The topological polar surface area (TPSA) is 92.7 Å². The van der Waals surface area contributed by atoms with Crippen molar-refractivity contribution in [3.05, 3.63) is 82.3 Å². The molecule has 2 aromatic carbocycles. The van der Waals surface area contributed by atoms with Crippen LogP contribution in [0.5, 0.6) is 0 Å². The van der Waals surface area contributed by atoms with E-state index in [0.29, 0.717) is 16.9 Å². The molecule has 0 spiro atoms. The van der Waals surface area contributed by atoms with E-state index in [4.69, 9.17) is 23.5 Å². The molecule has 0 aliphatic heterocycles. The van der Waals surface area contributed by atoms with Gasteiger partial charge < -0.3 is 5.32 Å². The molecule has 180 valence electrons. The zero-order chi connectivity index (χ0) is 26.3. The third-order valence-electron chi connectivity index (χ3n) is 6.97. The van der Waals surface area contributed by atoms with Gasteiger partial charge in [-0.15, -0.1) is 0 Å². The first kappa shape index (κ1) is 25.1. The van der Waals surface area contributed by atoms with E-state index in [9.17, 15) is 14.0 Å². The lowest BCUT2D eigenvalue weighted by atomic mass is 9.49. The standard InChI is InChI=1S/C26H23B3FN5O2/c1-14(23-20-4-2-3-5-21(20)25(37)34-33-23)8-15-9-18(10-15)32-24(36)16-6-7-19(22(30)11-16)17-12-31-35(13-17)26(27,28)29/h2-7,11-15,18H,8-10H2,1H3,(H,32,36)(H,34,37)/t14-,15?,18?/m0/s1. The van der Waals surface area contributed by atoms with Gasteiger partial charge in [-0.05, 0) is 48.6 Å². The Morgan fingerprint density at radius 2 is 1.95 bits per heavy atom. The number of aromatic nitrogens is 4. The number of hydrogen-bond donors (Lipinski definition) is 2. The maximum absolute atomic E-state index is 14.8. The van der Waals surface area contributed by atoms with Crippen LogP contribution in [-0.4, -0.2) is 55.5 Å². The van der Waals surface area contributed by atoms with E-state index in [-0.39, 0.29) is 34.6 Å². The Bertz CT molecular complexity index is 1520. The molecule has 1 atom stereocenters. The van der Waals surface area contributed by atoms with Gasteiger partial charge in [-0.2, -0.15) is 10.2 Å². The van der Waals surface area contributed by atoms with Crippen LogP contribution >= 0.6 is 0 Å². The van der Waals surface area contributed by atoms with Gasteiger partial charge in [0.25, 0.3) is 11.5 Å². The lowest BCUT2D eigenvalue weighted by molar-refractivity contribution is 0.0882. The second-order valence-electron chi connectivity index (χ2n) is 9.88. The van der Waals surface area contributed by atoms with Crippen molar-refractivity contribution in [3.8, 4) is 11.1 Å². The van der Waals surface area contributed by atoms with Crippen molar-refractivity contribution in [2.45, 2.75) is 43.4 Å². The molecule has 37 heavy (non-hydrogen) atoms. The Morgan fingerprint density at radius 1 is 1.22 bits per heavy atom. The summed E-state index contributed by atoms with van der Waals surface area (Å²) >= 11 is 0. The molecule has 1 fully saturated rings. The number of carbonyl (C=O) groups is 1. The molecule has 1 amide bonds. The van der Waals surface area contributed by atoms with Crippen LogP contribution in [-0.2, 0) is 5.24 Å². The summed E-state index contributed by atoms with van der Waals surface area (Å²) in [4.78, 5) is 24.8. The molecule has 2 heterocycles. The SMILES string of the molecule is [B]C([B])([B])n1cc(-c2ccc(C(=O)NC3CC(C[C@H](C)c4n[nH]c(=O)c5ccccc45)C3)cc2F)cn1. The van der Waals surface area contributed by atoms with Gasteiger partial charge in [0, 0.05) is 40.2 Å². The number of rotatable bonds is 7. The largest absolute Gasteiger partial charge is 0.349 e. The molecular weight excluding hydrogens is 466 g/mol. The Balaban J connectivity index is 1.18. The van der Waals surface area contributed by atoms with Gasteiger partial charge in [0.2, 0.25) is 0 Å². The number of benzene rings is 2. The Hall–Kier alpha value is -3.62. The molecule has 11 heteroatoms. The van der Waals surface area contributed by atoms with Crippen LogP contribution in [0.25, 0.3) is 21.9 Å². The van der Waals surface area contributed by atoms with E-state index in [1.807, 2.05) is 18.2 Å². The van der Waals surface area contributed by atoms with E-state index in [1.54, 1.807) is 12.1 Å². The van der Waals surface area contributed by atoms with Gasteiger partial charge in [0.15, 0.2) is 0 Å². The summed E-state index contributed by atoms with van der Waals surface area (Å²) in [5, 5.41) is 13.7. The van der Waals surface area contributed by atoms with Crippen molar-refractivity contribution in [2.75, 3.05) is 0 Å². The van der Waals surface area contributed by atoms with Crippen molar-refractivity contribution in [1.29, 1.82) is 0 Å². The van der Waals surface area contributed by atoms with Gasteiger partial charge in [0.1, 0.15) is 5.82 Å². The van der Waals surface area contributed by atoms with Crippen molar-refractivity contribution in [3.63, 3.8) is 0 Å². The molecule has 0 unspecified atom stereocenters. The zero-order valence-corrected chi connectivity index (χ0v) is 20.3. The van der Waals surface area contributed by atoms with Crippen molar-refractivity contribution >= 4 is 40.2 Å². The second kappa shape index (κ2) is 9.69. The van der Waals surface area contributed by atoms with Gasteiger partial charge >= 0.3 is 0 Å².